The van der Waals surface area contributed by atoms with Crippen molar-refractivity contribution >= 4 is 0 Å². The van der Waals surface area contributed by atoms with Crippen LogP contribution in [0.1, 0.15) is 31.4 Å². The van der Waals surface area contributed by atoms with Crippen LogP contribution in [0, 0.1) is 6.92 Å². The van der Waals surface area contributed by atoms with E-state index in [0.29, 0.717) is 17.9 Å². The molecule has 0 aromatic heterocycles. The fourth-order valence-corrected chi connectivity index (χ4v) is 2.10. The van der Waals surface area contributed by atoms with Crippen LogP contribution >= 0.6 is 0 Å². The molecular formula is C16H25F2NO2. The van der Waals surface area contributed by atoms with E-state index in [1.807, 2.05) is 13.8 Å². The van der Waals surface area contributed by atoms with Gasteiger partial charge >= 0.3 is 0 Å². The van der Waals surface area contributed by atoms with Gasteiger partial charge in [0.05, 0.1) is 13.2 Å². The predicted molar refractivity (Wildman–Crippen MR) is 80.2 cm³/mol. The maximum absolute atomic E-state index is 12.6. The Morgan fingerprint density at radius 3 is 2.48 bits per heavy atom. The highest BCUT2D eigenvalue weighted by Gasteiger charge is 2.12. The van der Waals surface area contributed by atoms with Gasteiger partial charge in [-0.1, -0.05) is 13.8 Å². The third-order valence-corrected chi connectivity index (χ3v) is 3.26. The fourth-order valence-electron chi connectivity index (χ4n) is 2.10. The van der Waals surface area contributed by atoms with Crippen LogP contribution in [0.3, 0.4) is 0 Å². The summed E-state index contributed by atoms with van der Waals surface area (Å²) in [6, 6.07) is 4.71. The topological polar surface area (TPSA) is 21.7 Å². The van der Waals surface area contributed by atoms with Crippen molar-refractivity contribution in [2.75, 3.05) is 39.5 Å². The van der Waals surface area contributed by atoms with Gasteiger partial charge in [-0.05, 0) is 30.7 Å². The zero-order valence-corrected chi connectivity index (χ0v) is 13.1. The lowest BCUT2D eigenvalue weighted by Gasteiger charge is -2.26. The van der Waals surface area contributed by atoms with Gasteiger partial charge in [0.2, 0.25) is 0 Å². The summed E-state index contributed by atoms with van der Waals surface area (Å²) >= 11 is 0. The van der Waals surface area contributed by atoms with E-state index in [-0.39, 0.29) is 5.56 Å². The van der Waals surface area contributed by atoms with Crippen LogP contribution in [0.15, 0.2) is 18.2 Å². The van der Waals surface area contributed by atoms with Gasteiger partial charge in [-0.2, -0.15) is 0 Å². The third kappa shape index (κ3) is 5.98. The van der Waals surface area contributed by atoms with Gasteiger partial charge in [0, 0.05) is 25.2 Å². The van der Waals surface area contributed by atoms with Gasteiger partial charge in [-0.25, -0.2) is 8.78 Å². The van der Waals surface area contributed by atoms with Crippen molar-refractivity contribution in [1.82, 2.24) is 4.90 Å². The molecule has 0 aliphatic carbocycles. The Kier molecular flexibility index (Phi) is 8.23. The molecule has 2 rings (SSSR count). The van der Waals surface area contributed by atoms with Crippen LogP contribution in [0.4, 0.5) is 8.78 Å². The molecule has 0 amide bonds. The summed E-state index contributed by atoms with van der Waals surface area (Å²) in [7, 11) is 0. The summed E-state index contributed by atoms with van der Waals surface area (Å²) in [5, 5.41) is 0. The van der Waals surface area contributed by atoms with E-state index >= 15 is 0 Å². The third-order valence-electron chi connectivity index (χ3n) is 3.26. The smallest absolute Gasteiger partial charge is 0.264 e. The van der Waals surface area contributed by atoms with E-state index in [1.54, 1.807) is 19.1 Å². The molecule has 120 valence electrons. The molecule has 5 heteroatoms. The minimum atomic E-state index is -2.43. The van der Waals surface area contributed by atoms with E-state index in [0.717, 1.165) is 32.8 Å². The minimum Gasteiger partial charge on any atom is -0.492 e. The number of hydrogen-bond donors (Lipinski definition) is 0. The quantitative estimate of drug-likeness (QED) is 0.828. The molecular weight excluding hydrogens is 276 g/mol. The van der Waals surface area contributed by atoms with Gasteiger partial charge < -0.3 is 9.47 Å². The number of hydrogen-bond acceptors (Lipinski definition) is 3. The molecule has 1 aliphatic rings. The first-order valence-electron chi connectivity index (χ1n) is 7.48. The zero-order valence-electron chi connectivity index (χ0n) is 13.1. The summed E-state index contributed by atoms with van der Waals surface area (Å²) < 4.78 is 36.0. The molecule has 0 atom stereocenters. The molecule has 1 saturated heterocycles. The van der Waals surface area contributed by atoms with Crippen LogP contribution in [-0.4, -0.2) is 44.4 Å². The SMILES string of the molecule is CC.Cc1cc(OCCN2CCOCC2)ccc1C(F)F. The summed E-state index contributed by atoms with van der Waals surface area (Å²) in [4.78, 5) is 2.27. The number of nitrogens with zero attached hydrogens (tertiary/aromatic N) is 1. The molecule has 1 aliphatic heterocycles. The lowest BCUT2D eigenvalue weighted by molar-refractivity contribution is 0.0322. The van der Waals surface area contributed by atoms with Crippen molar-refractivity contribution < 1.29 is 18.3 Å². The van der Waals surface area contributed by atoms with Crippen molar-refractivity contribution in [3.05, 3.63) is 29.3 Å². The minimum absolute atomic E-state index is 0.0699. The Morgan fingerprint density at radius 1 is 1.24 bits per heavy atom. The molecule has 0 saturated carbocycles. The van der Waals surface area contributed by atoms with Crippen LogP contribution in [0.2, 0.25) is 0 Å². The average Bonchev–Trinajstić information content (AvgIpc) is 2.50. The van der Waals surface area contributed by atoms with E-state index in [4.69, 9.17) is 9.47 Å². The standard InChI is InChI=1S/C14H19F2NO2.C2H6/c1-11-10-12(2-3-13(11)14(15)16)19-9-6-17-4-7-18-8-5-17;1-2/h2-3,10,14H,4-9H2,1H3;1-2H3. The molecule has 0 unspecified atom stereocenters. The monoisotopic (exact) mass is 301 g/mol. The maximum atomic E-state index is 12.6. The maximum Gasteiger partial charge on any atom is 0.264 e. The molecule has 0 bridgehead atoms. The second-order valence-electron chi connectivity index (χ2n) is 4.62. The summed E-state index contributed by atoms with van der Waals surface area (Å²) in [5.41, 5.74) is 0.638. The highest BCUT2D eigenvalue weighted by Crippen LogP contribution is 2.25. The van der Waals surface area contributed by atoms with Gasteiger partial charge in [0.1, 0.15) is 12.4 Å². The summed E-state index contributed by atoms with van der Waals surface area (Å²) in [5.74, 6) is 0.648. The lowest BCUT2D eigenvalue weighted by Crippen LogP contribution is -2.38. The highest BCUT2D eigenvalue weighted by molar-refractivity contribution is 5.35. The number of ether oxygens (including phenoxy) is 2. The fraction of sp³-hybridized carbons (Fsp3) is 0.625. The molecule has 21 heavy (non-hydrogen) atoms. The van der Waals surface area contributed by atoms with E-state index < -0.39 is 6.43 Å². The Labute approximate surface area is 125 Å². The second-order valence-corrected chi connectivity index (χ2v) is 4.62. The average molecular weight is 301 g/mol. The molecule has 1 aromatic rings. The van der Waals surface area contributed by atoms with Gasteiger partial charge in [0.25, 0.3) is 6.43 Å². The molecule has 0 radical (unpaired) electrons. The first-order chi connectivity index (χ1) is 10.2. The van der Waals surface area contributed by atoms with Crippen LogP contribution < -0.4 is 4.74 Å². The van der Waals surface area contributed by atoms with Crippen molar-refractivity contribution in [3.8, 4) is 5.75 Å². The lowest BCUT2D eigenvalue weighted by atomic mass is 10.1. The molecule has 1 fully saturated rings. The Balaban J connectivity index is 0.00000106. The molecule has 0 spiro atoms. The number of morpholine rings is 1. The predicted octanol–water partition coefficient (Wildman–Crippen LogP) is 3.67. The Morgan fingerprint density at radius 2 is 1.90 bits per heavy atom. The number of alkyl halides is 2. The van der Waals surface area contributed by atoms with Crippen molar-refractivity contribution in [2.45, 2.75) is 27.2 Å². The number of halogens is 2. The number of rotatable bonds is 5. The van der Waals surface area contributed by atoms with Crippen molar-refractivity contribution in [1.29, 1.82) is 0 Å². The summed E-state index contributed by atoms with van der Waals surface area (Å²) in [6.07, 6.45) is -2.43. The van der Waals surface area contributed by atoms with E-state index in [9.17, 15) is 8.78 Å². The van der Waals surface area contributed by atoms with Crippen LogP contribution in [0.25, 0.3) is 0 Å². The van der Waals surface area contributed by atoms with Gasteiger partial charge in [0.15, 0.2) is 0 Å². The molecule has 1 heterocycles. The normalized spacial score (nSPS) is 15.5. The summed E-state index contributed by atoms with van der Waals surface area (Å²) in [6.45, 7) is 10.5. The first kappa shape index (κ1) is 17.9. The van der Waals surface area contributed by atoms with Crippen molar-refractivity contribution in [2.24, 2.45) is 0 Å². The first-order valence-corrected chi connectivity index (χ1v) is 7.48. The van der Waals surface area contributed by atoms with Crippen LogP contribution in [-0.2, 0) is 4.74 Å². The van der Waals surface area contributed by atoms with E-state index in [1.165, 1.54) is 6.07 Å². The Hall–Kier alpha value is -1.20. The largest absolute Gasteiger partial charge is 0.492 e. The van der Waals surface area contributed by atoms with E-state index in [2.05, 4.69) is 4.90 Å². The number of aryl methyl sites for hydroxylation is 1. The van der Waals surface area contributed by atoms with Gasteiger partial charge in [-0.15, -0.1) is 0 Å². The molecule has 1 aromatic carbocycles. The van der Waals surface area contributed by atoms with Gasteiger partial charge in [-0.3, -0.25) is 4.90 Å². The van der Waals surface area contributed by atoms with Crippen molar-refractivity contribution in [3.63, 3.8) is 0 Å². The van der Waals surface area contributed by atoms with Crippen LogP contribution in [0.5, 0.6) is 5.75 Å². The Bertz CT molecular complexity index is 407. The second kappa shape index (κ2) is 9.68. The molecule has 0 N–H and O–H groups in total. The molecule has 3 nitrogen and oxygen atoms in total. The number of benzene rings is 1. The zero-order chi connectivity index (χ0) is 15.7. The highest BCUT2D eigenvalue weighted by atomic mass is 19.3.